The summed E-state index contributed by atoms with van der Waals surface area (Å²) < 4.78 is 13.2. The molecule has 0 atom stereocenters. The first-order valence-corrected chi connectivity index (χ1v) is 6.05. The maximum absolute atomic E-state index is 13.2. The van der Waals surface area contributed by atoms with Crippen LogP contribution in [0.3, 0.4) is 0 Å². The number of aromatic hydroxyl groups is 1. The Bertz CT molecular complexity index is 654. The average molecular weight is 257 g/mol. The fourth-order valence-corrected chi connectivity index (χ4v) is 2.37. The van der Waals surface area contributed by atoms with Crippen molar-refractivity contribution >= 4 is 11.6 Å². The van der Waals surface area contributed by atoms with E-state index in [1.54, 1.807) is 4.90 Å². The van der Waals surface area contributed by atoms with Crippen LogP contribution in [0.15, 0.2) is 42.5 Å². The van der Waals surface area contributed by atoms with Crippen LogP contribution in [-0.4, -0.2) is 17.6 Å². The molecule has 19 heavy (non-hydrogen) atoms. The first-order chi connectivity index (χ1) is 9.16. The summed E-state index contributed by atoms with van der Waals surface area (Å²) in [6, 6.07) is 11.0. The number of para-hydroxylation sites is 1. The summed E-state index contributed by atoms with van der Waals surface area (Å²) in [5.74, 6) is -1.11. The van der Waals surface area contributed by atoms with Gasteiger partial charge in [0.15, 0.2) is 0 Å². The van der Waals surface area contributed by atoms with E-state index < -0.39 is 5.82 Å². The van der Waals surface area contributed by atoms with E-state index in [0.717, 1.165) is 29.8 Å². The van der Waals surface area contributed by atoms with Crippen LogP contribution in [0.5, 0.6) is 5.75 Å². The molecule has 2 aromatic carbocycles. The van der Waals surface area contributed by atoms with Gasteiger partial charge < -0.3 is 10.0 Å². The third-order valence-electron chi connectivity index (χ3n) is 3.32. The second kappa shape index (κ2) is 4.39. The summed E-state index contributed by atoms with van der Waals surface area (Å²) in [5, 5.41) is 9.70. The highest BCUT2D eigenvalue weighted by molar-refractivity contribution is 6.08. The summed E-state index contributed by atoms with van der Waals surface area (Å²) in [7, 11) is 0. The van der Waals surface area contributed by atoms with Crippen LogP contribution in [0.1, 0.15) is 15.9 Å². The Hall–Kier alpha value is -2.36. The molecule has 0 fully saturated rings. The van der Waals surface area contributed by atoms with Gasteiger partial charge in [0, 0.05) is 12.2 Å². The van der Waals surface area contributed by atoms with E-state index in [1.807, 2.05) is 24.3 Å². The largest absolute Gasteiger partial charge is 0.507 e. The lowest BCUT2D eigenvalue weighted by Gasteiger charge is -2.17. The molecule has 1 N–H and O–H groups in total. The topological polar surface area (TPSA) is 40.5 Å². The molecular formula is C15H12FNO2. The number of phenols is 1. The van der Waals surface area contributed by atoms with E-state index >= 15 is 0 Å². The first kappa shape index (κ1) is 11.7. The molecule has 0 aliphatic carbocycles. The number of nitrogens with zero attached hydrogens (tertiary/aromatic N) is 1. The quantitative estimate of drug-likeness (QED) is 0.853. The molecule has 0 saturated carbocycles. The van der Waals surface area contributed by atoms with E-state index in [4.69, 9.17) is 0 Å². The first-order valence-electron chi connectivity index (χ1n) is 6.05. The van der Waals surface area contributed by atoms with E-state index in [1.165, 1.54) is 6.07 Å². The molecule has 3 nitrogen and oxygen atoms in total. The van der Waals surface area contributed by atoms with E-state index in [2.05, 4.69) is 0 Å². The fourth-order valence-electron chi connectivity index (χ4n) is 2.37. The Balaban J connectivity index is 2.00. The molecule has 1 amide bonds. The molecule has 3 rings (SSSR count). The zero-order valence-corrected chi connectivity index (χ0v) is 10.1. The number of hydrogen-bond donors (Lipinski definition) is 1. The Morgan fingerprint density at radius 1 is 1.21 bits per heavy atom. The molecule has 1 heterocycles. The van der Waals surface area contributed by atoms with Gasteiger partial charge in [0.05, 0.1) is 5.56 Å². The van der Waals surface area contributed by atoms with Gasteiger partial charge in [-0.05, 0) is 36.2 Å². The Morgan fingerprint density at radius 3 is 2.84 bits per heavy atom. The number of hydrogen-bond acceptors (Lipinski definition) is 2. The number of anilines is 1. The van der Waals surface area contributed by atoms with Crippen molar-refractivity contribution < 1.29 is 14.3 Å². The molecule has 4 heteroatoms. The van der Waals surface area contributed by atoms with Crippen molar-refractivity contribution in [3.8, 4) is 5.75 Å². The summed E-state index contributed by atoms with van der Waals surface area (Å²) in [4.78, 5) is 14.0. The Labute approximate surface area is 109 Å². The van der Waals surface area contributed by atoms with Crippen molar-refractivity contribution in [1.29, 1.82) is 0 Å². The van der Waals surface area contributed by atoms with Crippen molar-refractivity contribution in [2.75, 3.05) is 11.4 Å². The zero-order valence-electron chi connectivity index (χ0n) is 10.1. The van der Waals surface area contributed by atoms with Crippen molar-refractivity contribution in [3.05, 3.63) is 59.4 Å². The van der Waals surface area contributed by atoms with E-state index in [9.17, 15) is 14.3 Å². The number of fused-ring (bicyclic) bond motifs is 1. The van der Waals surface area contributed by atoms with Gasteiger partial charge in [0.2, 0.25) is 0 Å². The smallest absolute Gasteiger partial charge is 0.262 e. The summed E-state index contributed by atoms with van der Waals surface area (Å²) in [6.07, 6.45) is 0.776. The van der Waals surface area contributed by atoms with Crippen LogP contribution >= 0.6 is 0 Å². The third kappa shape index (κ3) is 1.95. The van der Waals surface area contributed by atoms with Gasteiger partial charge in [-0.25, -0.2) is 4.39 Å². The lowest BCUT2D eigenvalue weighted by Crippen LogP contribution is -2.29. The summed E-state index contributed by atoms with van der Waals surface area (Å²) in [5.41, 5.74) is 1.92. The van der Waals surface area contributed by atoms with Crippen LogP contribution in [0.2, 0.25) is 0 Å². The number of benzene rings is 2. The minimum absolute atomic E-state index is 0.00305. The van der Waals surface area contributed by atoms with Crippen molar-refractivity contribution in [1.82, 2.24) is 0 Å². The number of amides is 1. The fraction of sp³-hybridized carbons (Fsp3) is 0.133. The van der Waals surface area contributed by atoms with Gasteiger partial charge in [-0.2, -0.15) is 0 Å². The molecule has 96 valence electrons. The lowest BCUT2D eigenvalue weighted by atomic mass is 10.1. The number of carbonyl (C=O) groups excluding carboxylic acids is 1. The lowest BCUT2D eigenvalue weighted by molar-refractivity contribution is 0.0986. The number of halogens is 1. The predicted octanol–water partition coefficient (Wildman–Crippen LogP) is 2.73. The highest BCUT2D eigenvalue weighted by Crippen LogP contribution is 2.30. The van der Waals surface area contributed by atoms with Crippen molar-refractivity contribution in [3.63, 3.8) is 0 Å². The number of rotatable bonds is 1. The molecule has 0 bridgehead atoms. The van der Waals surface area contributed by atoms with Gasteiger partial charge in [-0.1, -0.05) is 18.2 Å². The maximum Gasteiger partial charge on any atom is 0.262 e. The highest BCUT2D eigenvalue weighted by atomic mass is 19.1. The molecule has 0 unspecified atom stereocenters. The zero-order chi connectivity index (χ0) is 13.4. The molecule has 0 spiro atoms. The van der Waals surface area contributed by atoms with Gasteiger partial charge in [0.25, 0.3) is 5.91 Å². The van der Waals surface area contributed by atoms with Crippen molar-refractivity contribution in [2.45, 2.75) is 6.42 Å². The highest BCUT2D eigenvalue weighted by Gasteiger charge is 2.26. The van der Waals surface area contributed by atoms with Gasteiger partial charge >= 0.3 is 0 Å². The second-order valence-electron chi connectivity index (χ2n) is 4.50. The Kier molecular flexibility index (Phi) is 2.71. The third-order valence-corrected chi connectivity index (χ3v) is 3.32. The van der Waals surface area contributed by atoms with Crippen molar-refractivity contribution in [2.24, 2.45) is 0 Å². The van der Waals surface area contributed by atoms with Crippen LogP contribution in [0.4, 0.5) is 10.1 Å². The molecule has 1 aliphatic heterocycles. The maximum atomic E-state index is 13.2. The Morgan fingerprint density at radius 2 is 2.00 bits per heavy atom. The summed E-state index contributed by atoms with van der Waals surface area (Å²) in [6.45, 7) is 0.550. The van der Waals surface area contributed by atoms with E-state index in [-0.39, 0.29) is 17.2 Å². The van der Waals surface area contributed by atoms with Crippen LogP contribution in [0, 0.1) is 5.82 Å². The molecular weight excluding hydrogens is 245 g/mol. The van der Waals surface area contributed by atoms with E-state index in [0.29, 0.717) is 6.54 Å². The average Bonchev–Trinajstić information content (AvgIpc) is 2.84. The van der Waals surface area contributed by atoms with Crippen LogP contribution in [-0.2, 0) is 6.42 Å². The molecule has 0 saturated heterocycles. The molecule has 1 aliphatic rings. The summed E-state index contributed by atoms with van der Waals surface area (Å²) >= 11 is 0. The predicted molar refractivity (Wildman–Crippen MR) is 69.9 cm³/mol. The van der Waals surface area contributed by atoms with Gasteiger partial charge in [-0.3, -0.25) is 4.79 Å². The minimum atomic E-state index is -0.534. The standard InChI is InChI=1S/C15H12FNO2/c16-11-5-6-14(18)12(9-11)15(19)17-8-7-10-3-1-2-4-13(10)17/h1-6,9,18H,7-8H2. The normalized spacial score (nSPS) is 13.4. The second-order valence-corrected chi connectivity index (χ2v) is 4.50. The van der Waals surface area contributed by atoms with Crippen LogP contribution < -0.4 is 4.90 Å². The van der Waals surface area contributed by atoms with Crippen LogP contribution in [0.25, 0.3) is 0 Å². The molecule has 2 aromatic rings. The van der Waals surface area contributed by atoms with Gasteiger partial charge in [0.1, 0.15) is 11.6 Å². The monoisotopic (exact) mass is 257 g/mol. The minimum Gasteiger partial charge on any atom is -0.507 e. The number of phenolic OH excluding ortho intramolecular Hbond substituents is 1. The van der Waals surface area contributed by atoms with Gasteiger partial charge in [-0.15, -0.1) is 0 Å². The molecule has 0 radical (unpaired) electrons. The number of carbonyl (C=O) groups is 1. The molecule has 0 aromatic heterocycles. The SMILES string of the molecule is O=C(c1cc(F)ccc1O)N1CCc2ccccc21.